The molecule has 1 aromatic carbocycles. The van der Waals surface area contributed by atoms with Gasteiger partial charge >= 0.3 is 0 Å². The summed E-state index contributed by atoms with van der Waals surface area (Å²) in [6.07, 6.45) is 2.41. The van der Waals surface area contributed by atoms with Gasteiger partial charge in [0, 0.05) is 4.83 Å². The zero-order valence-corrected chi connectivity index (χ0v) is 12.2. The van der Waals surface area contributed by atoms with Crippen molar-refractivity contribution >= 4 is 15.9 Å². The van der Waals surface area contributed by atoms with Crippen molar-refractivity contribution in [2.24, 2.45) is 5.92 Å². The highest BCUT2D eigenvalue weighted by Gasteiger charge is 2.18. The second-order valence-electron chi connectivity index (χ2n) is 4.20. The fourth-order valence-electron chi connectivity index (χ4n) is 2.04. The number of hydrogen-bond donors (Lipinski definition) is 0. The molecule has 2 heteroatoms. The van der Waals surface area contributed by atoms with Gasteiger partial charge in [-0.1, -0.05) is 48.7 Å². The van der Waals surface area contributed by atoms with Crippen molar-refractivity contribution in [2.75, 3.05) is 7.11 Å². The Morgan fingerprint density at radius 3 is 2.31 bits per heavy atom. The first-order chi connectivity index (χ1) is 7.63. The molecule has 0 heterocycles. The predicted octanol–water partition coefficient (Wildman–Crippen LogP) is 4.88. The highest BCUT2D eigenvalue weighted by molar-refractivity contribution is 9.09. The van der Waals surface area contributed by atoms with E-state index < -0.39 is 0 Å². The first-order valence-corrected chi connectivity index (χ1v) is 6.84. The van der Waals surface area contributed by atoms with Crippen molar-refractivity contribution in [3.05, 3.63) is 29.3 Å². The molecule has 1 atom stereocenters. The summed E-state index contributed by atoms with van der Waals surface area (Å²) in [6, 6.07) is 6.32. The summed E-state index contributed by atoms with van der Waals surface area (Å²) < 4.78 is 5.23. The van der Waals surface area contributed by atoms with Gasteiger partial charge in [-0.2, -0.15) is 0 Å². The lowest BCUT2D eigenvalue weighted by Crippen LogP contribution is -2.07. The lowest BCUT2D eigenvalue weighted by atomic mass is 9.92. The summed E-state index contributed by atoms with van der Waals surface area (Å²) in [4.78, 5) is 0.452. The molecule has 0 radical (unpaired) electrons. The highest BCUT2D eigenvalue weighted by atomic mass is 79.9. The lowest BCUT2D eigenvalue weighted by molar-refractivity contribution is 0.414. The van der Waals surface area contributed by atoms with Crippen LogP contribution in [0.5, 0.6) is 5.75 Å². The van der Waals surface area contributed by atoms with Crippen molar-refractivity contribution in [3.63, 3.8) is 0 Å². The van der Waals surface area contributed by atoms with Gasteiger partial charge in [-0.05, 0) is 36.1 Å². The molecule has 1 aromatic rings. The molecular weight excluding hydrogens is 264 g/mol. The van der Waals surface area contributed by atoms with Gasteiger partial charge in [0.05, 0.1) is 7.11 Å². The van der Waals surface area contributed by atoms with E-state index in [2.05, 4.69) is 48.8 Å². The average molecular weight is 285 g/mol. The largest absolute Gasteiger partial charge is 0.497 e. The molecule has 1 unspecified atom stereocenters. The molecule has 0 saturated heterocycles. The van der Waals surface area contributed by atoms with Crippen LogP contribution in [0.2, 0.25) is 0 Å². The molecular formula is C14H21BrO. The first kappa shape index (κ1) is 13.6. The van der Waals surface area contributed by atoms with Crippen molar-refractivity contribution in [3.8, 4) is 5.75 Å². The normalized spacial score (nSPS) is 12.9. The Bertz CT molecular complexity index is 332. The lowest BCUT2D eigenvalue weighted by Gasteiger charge is -2.22. The van der Waals surface area contributed by atoms with Crippen molar-refractivity contribution in [2.45, 2.75) is 38.4 Å². The van der Waals surface area contributed by atoms with Crippen LogP contribution in [0.4, 0.5) is 0 Å². The van der Waals surface area contributed by atoms with Gasteiger partial charge in [0.2, 0.25) is 0 Å². The van der Waals surface area contributed by atoms with Crippen LogP contribution in [0.15, 0.2) is 18.2 Å². The number of halogens is 1. The van der Waals surface area contributed by atoms with E-state index in [0.717, 1.165) is 5.75 Å². The van der Waals surface area contributed by atoms with Crippen LogP contribution in [0.3, 0.4) is 0 Å². The maximum Gasteiger partial charge on any atom is 0.119 e. The standard InChI is InChI=1S/C14H21BrO/c1-5-11(6-2)14(15)13-8-7-12(16-4)9-10(13)3/h7-9,11,14H,5-6H2,1-4H3. The second kappa shape index (κ2) is 6.29. The number of benzene rings is 1. The van der Waals surface area contributed by atoms with Crippen molar-refractivity contribution in [1.82, 2.24) is 0 Å². The van der Waals surface area contributed by atoms with E-state index in [1.54, 1.807) is 7.11 Å². The third-order valence-electron chi connectivity index (χ3n) is 3.24. The average Bonchev–Trinajstić information content (AvgIpc) is 2.30. The molecule has 16 heavy (non-hydrogen) atoms. The number of ether oxygens (including phenoxy) is 1. The van der Waals surface area contributed by atoms with E-state index in [0.29, 0.717) is 10.7 Å². The number of aryl methyl sites for hydroxylation is 1. The summed E-state index contributed by atoms with van der Waals surface area (Å²) in [6.45, 7) is 6.65. The van der Waals surface area contributed by atoms with Crippen LogP contribution in [0.25, 0.3) is 0 Å². The van der Waals surface area contributed by atoms with Crippen LogP contribution in [0.1, 0.15) is 42.6 Å². The molecule has 0 fully saturated rings. The number of alkyl halides is 1. The zero-order chi connectivity index (χ0) is 12.1. The molecule has 0 aromatic heterocycles. The molecule has 0 aliphatic carbocycles. The third-order valence-corrected chi connectivity index (χ3v) is 4.48. The van der Waals surface area contributed by atoms with Gasteiger partial charge in [0.15, 0.2) is 0 Å². The predicted molar refractivity (Wildman–Crippen MR) is 73.5 cm³/mol. The Morgan fingerprint density at radius 1 is 1.25 bits per heavy atom. The Morgan fingerprint density at radius 2 is 1.88 bits per heavy atom. The summed E-state index contributed by atoms with van der Waals surface area (Å²) in [5, 5.41) is 0. The van der Waals surface area contributed by atoms with Crippen LogP contribution < -0.4 is 4.74 Å². The SMILES string of the molecule is CCC(CC)C(Br)c1ccc(OC)cc1C. The molecule has 0 spiro atoms. The van der Waals surface area contributed by atoms with Gasteiger partial charge in [-0.15, -0.1) is 0 Å². The first-order valence-electron chi connectivity index (χ1n) is 5.92. The summed E-state index contributed by atoms with van der Waals surface area (Å²) in [5.41, 5.74) is 2.68. The second-order valence-corrected chi connectivity index (χ2v) is 5.19. The van der Waals surface area contributed by atoms with E-state index >= 15 is 0 Å². The maximum absolute atomic E-state index is 5.23. The quantitative estimate of drug-likeness (QED) is 0.701. The fourth-order valence-corrected chi connectivity index (χ4v) is 3.30. The molecule has 90 valence electrons. The van der Waals surface area contributed by atoms with Gasteiger partial charge < -0.3 is 4.74 Å². The molecule has 1 nitrogen and oxygen atoms in total. The number of hydrogen-bond acceptors (Lipinski definition) is 1. The van der Waals surface area contributed by atoms with Crippen LogP contribution in [0, 0.1) is 12.8 Å². The van der Waals surface area contributed by atoms with Gasteiger partial charge in [0.1, 0.15) is 5.75 Å². The topological polar surface area (TPSA) is 9.23 Å². The minimum atomic E-state index is 0.452. The molecule has 0 N–H and O–H groups in total. The van der Waals surface area contributed by atoms with Crippen molar-refractivity contribution in [1.29, 1.82) is 0 Å². The molecule has 0 aliphatic rings. The van der Waals surface area contributed by atoms with Crippen LogP contribution >= 0.6 is 15.9 Å². The van der Waals surface area contributed by atoms with Crippen LogP contribution in [-0.2, 0) is 0 Å². The Hall–Kier alpha value is -0.500. The minimum Gasteiger partial charge on any atom is -0.497 e. The summed E-state index contributed by atoms with van der Waals surface area (Å²) in [7, 11) is 1.71. The van der Waals surface area contributed by atoms with E-state index in [-0.39, 0.29) is 0 Å². The monoisotopic (exact) mass is 284 g/mol. The van der Waals surface area contributed by atoms with Crippen molar-refractivity contribution < 1.29 is 4.74 Å². The molecule has 0 aliphatic heterocycles. The van der Waals surface area contributed by atoms with E-state index in [4.69, 9.17) is 4.74 Å². The Labute approximate surface area is 107 Å². The highest BCUT2D eigenvalue weighted by Crippen LogP contribution is 2.37. The third kappa shape index (κ3) is 3.00. The van der Waals surface area contributed by atoms with E-state index in [1.807, 2.05) is 6.07 Å². The smallest absolute Gasteiger partial charge is 0.119 e. The molecule has 1 rings (SSSR count). The van der Waals surface area contributed by atoms with Gasteiger partial charge in [-0.25, -0.2) is 0 Å². The molecule has 0 saturated carbocycles. The maximum atomic E-state index is 5.23. The Kier molecular flexibility index (Phi) is 5.33. The summed E-state index contributed by atoms with van der Waals surface area (Å²) >= 11 is 3.83. The molecule has 0 bridgehead atoms. The Balaban J connectivity index is 2.95. The molecule has 0 amide bonds. The van der Waals surface area contributed by atoms with Crippen LogP contribution in [-0.4, -0.2) is 7.11 Å². The summed E-state index contributed by atoms with van der Waals surface area (Å²) in [5.74, 6) is 1.64. The fraction of sp³-hybridized carbons (Fsp3) is 0.571. The van der Waals surface area contributed by atoms with Gasteiger partial charge in [0.25, 0.3) is 0 Å². The number of methoxy groups -OCH3 is 1. The number of rotatable bonds is 5. The zero-order valence-electron chi connectivity index (χ0n) is 10.6. The van der Waals surface area contributed by atoms with E-state index in [1.165, 1.54) is 24.0 Å². The minimum absolute atomic E-state index is 0.452. The van der Waals surface area contributed by atoms with E-state index in [9.17, 15) is 0 Å². The van der Waals surface area contributed by atoms with Gasteiger partial charge in [-0.3, -0.25) is 0 Å².